The Morgan fingerprint density at radius 1 is 1.67 bits per heavy atom. The first-order valence-electron chi connectivity index (χ1n) is 5.45. The van der Waals surface area contributed by atoms with E-state index in [1.165, 1.54) is 16.8 Å². The van der Waals surface area contributed by atoms with Crippen molar-refractivity contribution in [1.82, 2.24) is 9.55 Å². The number of ether oxygens (including phenoxy) is 1. The summed E-state index contributed by atoms with van der Waals surface area (Å²) in [5.41, 5.74) is -1.55. The van der Waals surface area contributed by atoms with Crippen molar-refractivity contribution in [2.24, 2.45) is 0 Å². The summed E-state index contributed by atoms with van der Waals surface area (Å²) >= 11 is 0. The Morgan fingerprint density at radius 2 is 2.39 bits per heavy atom. The molecule has 6 heteroatoms. The molecule has 2 atom stereocenters. The number of hydrogen-bond donors (Lipinski definition) is 2. The molecule has 2 rings (SSSR count). The van der Waals surface area contributed by atoms with Gasteiger partial charge in [-0.3, -0.25) is 14.3 Å². The summed E-state index contributed by atoms with van der Waals surface area (Å²) in [7, 11) is 0. The molecule has 0 spiro atoms. The van der Waals surface area contributed by atoms with Crippen molar-refractivity contribution in [1.29, 1.82) is 0 Å². The number of aliphatic hydroxyl groups excluding tert-OH is 1. The van der Waals surface area contributed by atoms with Crippen molar-refractivity contribution < 1.29 is 9.84 Å². The van der Waals surface area contributed by atoms with Gasteiger partial charge in [-0.2, -0.15) is 0 Å². The van der Waals surface area contributed by atoms with Gasteiger partial charge in [0.1, 0.15) is 5.60 Å². The lowest BCUT2D eigenvalue weighted by atomic mass is 10.1. The molecule has 0 saturated heterocycles. The zero-order chi connectivity index (χ0) is 13.3. The molecule has 0 bridgehead atoms. The van der Waals surface area contributed by atoms with Crippen LogP contribution in [0.5, 0.6) is 0 Å². The van der Waals surface area contributed by atoms with E-state index in [1.54, 1.807) is 19.1 Å². The van der Waals surface area contributed by atoms with Gasteiger partial charge in [-0.25, -0.2) is 4.79 Å². The van der Waals surface area contributed by atoms with Crippen LogP contribution in [-0.2, 0) is 4.74 Å². The quantitative estimate of drug-likeness (QED) is 0.730. The Bertz CT molecular complexity index is 613. The Hall–Kier alpha value is -1.92. The average molecular weight is 250 g/mol. The van der Waals surface area contributed by atoms with Gasteiger partial charge in [-0.05, 0) is 19.1 Å². The SMILES string of the molecule is C=C[C@@]1(CO)C=CC(n2cc(C)c(=O)[nH]c2=O)O1. The average Bonchev–Trinajstić information content (AvgIpc) is 2.79. The fourth-order valence-corrected chi connectivity index (χ4v) is 1.74. The Kier molecular flexibility index (Phi) is 3.06. The minimum Gasteiger partial charge on any atom is -0.393 e. The van der Waals surface area contributed by atoms with Gasteiger partial charge >= 0.3 is 5.69 Å². The molecule has 1 aromatic rings. The summed E-state index contributed by atoms with van der Waals surface area (Å²) in [6, 6.07) is 0. The minimum atomic E-state index is -0.978. The topological polar surface area (TPSA) is 84.3 Å². The number of rotatable bonds is 3. The van der Waals surface area contributed by atoms with Crippen molar-refractivity contribution >= 4 is 0 Å². The number of hydrogen-bond acceptors (Lipinski definition) is 4. The van der Waals surface area contributed by atoms with E-state index in [2.05, 4.69) is 11.6 Å². The molecule has 0 aliphatic carbocycles. The molecule has 1 aliphatic heterocycles. The molecule has 2 heterocycles. The molecule has 1 aliphatic rings. The van der Waals surface area contributed by atoms with Crippen molar-refractivity contribution in [3.8, 4) is 0 Å². The van der Waals surface area contributed by atoms with Crippen molar-refractivity contribution in [3.05, 3.63) is 57.4 Å². The smallest absolute Gasteiger partial charge is 0.330 e. The minimum absolute atomic E-state index is 0.263. The van der Waals surface area contributed by atoms with Crippen LogP contribution in [-0.4, -0.2) is 26.9 Å². The van der Waals surface area contributed by atoms with Crippen LogP contribution in [0, 0.1) is 6.92 Å². The van der Waals surface area contributed by atoms with E-state index in [-0.39, 0.29) is 6.61 Å². The van der Waals surface area contributed by atoms with E-state index in [0.717, 1.165) is 0 Å². The van der Waals surface area contributed by atoms with Crippen molar-refractivity contribution in [2.45, 2.75) is 18.8 Å². The number of aliphatic hydroxyl groups is 1. The third-order valence-electron chi connectivity index (χ3n) is 2.90. The summed E-state index contributed by atoms with van der Waals surface area (Å²) in [5, 5.41) is 9.26. The van der Waals surface area contributed by atoms with Crippen LogP contribution in [0.2, 0.25) is 0 Å². The Balaban J connectivity index is 2.40. The van der Waals surface area contributed by atoms with E-state index in [0.29, 0.717) is 5.56 Å². The lowest BCUT2D eigenvalue weighted by Gasteiger charge is -2.23. The molecule has 6 nitrogen and oxygen atoms in total. The first-order valence-corrected chi connectivity index (χ1v) is 5.45. The molecule has 18 heavy (non-hydrogen) atoms. The van der Waals surface area contributed by atoms with Gasteiger partial charge < -0.3 is 9.84 Å². The predicted molar refractivity (Wildman–Crippen MR) is 65.3 cm³/mol. The maximum absolute atomic E-state index is 11.7. The van der Waals surface area contributed by atoms with E-state index in [1.807, 2.05) is 0 Å². The number of nitrogens with zero attached hydrogens (tertiary/aromatic N) is 1. The van der Waals surface area contributed by atoms with Gasteiger partial charge in [0.05, 0.1) is 6.61 Å². The van der Waals surface area contributed by atoms with Crippen LogP contribution >= 0.6 is 0 Å². The van der Waals surface area contributed by atoms with E-state index in [4.69, 9.17) is 4.74 Å². The highest BCUT2D eigenvalue weighted by molar-refractivity contribution is 5.19. The van der Waals surface area contributed by atoms with E-state index in [9.17, 15) is 14.7 Å². The second kappa shape index (κ2) is 4.40. The van der Waals surface area contributed by atoms with Gasteiger partial charge in [0.15, 0.2) is 6.23 Å². The van der Waals surface area contributed by atoms with Gasteiger partial charge in [-0.15, -0.1) is 0 Å². The molecule has 0 radical (unpaired) electrons. The second-order valence-corrected chi connectivity index (χ2v) is 4.16. The molecule has 96 valence electrons. The molecule has 0 fully saturated rings. The number of aromatic amines is 1. The first kappa shape index (κ1) is 12.5. The van der Waals surface area contributed by atoms with E-state index < -0.39 is 23.1 Å². The zero-order valence-electron chi connectivity index (χ0n) is 9.92. The highest BCUT2D eigenvalue weighted by Gasteiger charge is 2.33. The largest absolute Gasteiger partial charge is 0.393 e. The molecule has 1 aromatic heterocycles. The summed E-state index contributed by atoms with van der Waals surface area (Å²) in [6.45, 7) is 4.92. The monoisotopic (exact) mass is 250 g/mol. The maximum atomic E-state index is 11.7. The Morgan fingerprint density at radius 3 is 2.94 bits per heavy atom. The molecular weight excluding hydrogens is 236 g/mol. The van der Waals surface area contributed by atoms with Gasteiger partial charge in [0, 0.05) is 11.8 Å². The normalized spacial score (nSPS) is 26.4. The second-order valence-electron chi connectivity index (χ2n) is 4.16. The lowest BCUT2D eigenvalue weighted by Crippen LogP contribution is -2.36. The van der Waals surface area contributed by atoms with Gasteiger partial charge in [0.25, 0.3) is 5.56 Å². The van der Waals surface area contributed by atoms with Crippen LogP contribution in [0.1, 0.15) is 11.8 Å². The highest BCUT2D eigenvalue weighted by Crippen LogP contribution is 2.29. The maximum Gasteiger partial charge on any atom is 0.330 e. The summed E-state index contributed by atoms with van der Waals surface area (Å²) in [6.07, 6.45) is 5.49. The fourth-order valence-electron chi connectivity index (χ4n) is 1.74. The van der Waals surface area contributed by atoms with Crippen LogP contribution in [0.25, 0.3) is 0 Å². The summed E-state index contributed by atoms with van der Waals surface area (Å²) in [4.78, 5) is 25.1. The number of aromatic nitrogens is 2. The number of aryl methyl sites for hydroxylation is 1. The third-order valence-corrected chi connectivity index (χ3v) is 2.90. The molecule has 0 saturated carbocycles. The zero-order valence-corrected chi connectivity index (χ0v) is 9.92. The first-order chi connectivity index (χ1) is 8.51. The van der Waals surface area contributed by atoms with Crippen molar-refractivity contribution in [3.63, 3.8) is 0 Å². The van der Waals surface area contributed by atoms with Crippen LogP contribution in [0.15, 0.2) is 40.6 Å². The third kappa shape index (κ3) is 1.96. The molecule has 0 amide bonds. The molecule has 0 aromatic carbocycles. The molecule has 2 N–H and O–H groups in total. The highest BCUT2D eigenvalue weighted by atomic mass is 16.5. The van der Waals surface area contributed by atoms with Gasteiger partial charge in [-0.1, -0.05) is 12.7 Å². The summed E-state index contributed by atoms with van der Waals surface area (Å²) < 4.78 is 6.83. The number of nitrogens with one attached hydrogen (secondary N) is 1. The Labute approximate surface area is 103 Å². The van der Waals surface area contributed by atoms with Crippen LogP contribution in [0.3, 0.4) is 0 Å². The number of H-pyrrole nitrogens is 1. The lowest BCUT2D eigenvalue weighted by molar-refractivity contribution is -0.0558. The fraction of sp³-hybridized carbons (Fsp3) is 0.333. The van der Waals surface area contributed by atoms with Crippen LogP contribution < -0.4 is 11.2 Å². The standard InChI is InChI=1S/C12H14N2O4/c1-3-12(7-15)5-4-9(18-12)14-6-8(2)10(16)13-11(14)17/h3-6,9,15H,1,7H2,2H3,(H,13,16,17)/t9?,12-/m0/s1. The van der Waals surface area contributed by atoms with Gasteiger partial charge in [0.2, 0.25) is 0 Å². The van der Waals surface area contributed by atoms with Crippen molar-refractivity contribution in [2.75, 3.05) is 6.61 Å². The summed E-state index contributed by atoms with van der Waals surface area (Å²) in [5.74, 6) is 0. The predicted octanol–water partition coefficient (Wildman–Crippen LogP) is -0.153. The van der Waals surface area contributed by atoms with Crippen LogP contribution in [0.4, 0.5) is 0 Å². The molecular formula is C12H14N2O4. The van der Waals surface area contributed by atoms with E-state index >= 15 is 0 Å². The molecule has 1 unspecified atom stereocenters.